The predicted octanol–water partition coefficient (Wildman–Crippen LogP) is 6.45. The highest BCUT2D eigenvalue weighted by Gasteiger charge is 2.61. The number of esters is 3. The normalized spacial score (nSPS) is 44.3. The molecule has 9 nitrogen and oxygen atoms in total. The molecule has 10 unspecified atom stereocenters. The van der Waals surface area contributed by atoms with Crippen LogP contribution in [0, 0.1) is 22.7 Å². The Kier molecular flexibility index (Phi) is 9.95. The first-order chi connectivity index (χ1) is 20.6. The zero-order valence-corrected chi connectivity index (χ0v) is 29.7. The molecule has 0 aromatic carbocycles. The fourth-order valence-electron chi connectivity index (χ4n) is 10.1. The van der Waals surface area contributed by atoms with Crippen molar-refractivity contribution in [3.63, 3.8) is 0 Å². The van der Waals surface area contributed by atoms with Crippen molar-refractivity contribution in [2.75, 3.05) is 0 Å². The van der Waals surface area contributed by atoms with Crippen LogP contribution in [0.2, 0.25) is 0 Å². The van der Waals surface area contributed by atoms with E-state index in [-0.39, 0.29) is 65.0 Å². The molecule has 0 radical (unpaired) electrons. The van der Waals surface area contributed by atoms with Crippen molar-refractivity contribution in [1.29, 1.82) is 0 Å². The fraction of sp³-hybridized carbons (Fsp3) is 0.917. The second-order valence-electron chi connectivity index (χ2n) is 16.7. The topological polar surface area (TPSA) is 118 Å². The molecular formula is C36H60O9. The maximum atomic E-state index is 12.5. The van der Waals surface area contributed by atoms with Crippen LogP contribution in [-0.4, -0.2) is 69.8 Å². The number of hydrogen-bond acceptors (Lipinski definition) is 9. The van der Waals surface area contributed by atoms with E-state index >= 15 is 0 Å². The van der Waals surface area contributed by atoms with Gasteiger partial charge in [0.2, 0.25) is 0 Å². The second-order valence-corrected chi connectivity index (χ2v) is 16.7. The summed E-state index contributed by atoms with van der Waals surface area (Å²) in [5.41, 5.74) is -3.67. The standard InChI is InChI=1S/C36H60O9/c1-22(37)41-27-14-18-33(8)25(35(10,40)20-16-29(33)44-31(27,4)5)12-13-26-34(9)19-15-28(42-23(2)38)32(6,7)45-30(34)17-21-36(26,11)43-24(3)39/h25-30,40H,12-21H2,1-11H3. The Bertz CT molecular complexity index is 1130. The summed E-state index contributed by atoms with van der Waals surface area (Å²) in [6, 6.07) is 0. The molecule has 2 aliphatic carbocycles. The molecular weight excluding hydrogens is 576 g/mol. The van der Waals surface area contributed by atoms with Gasteiger partial charge in [0.05, 0.1) is 29.0 Å². The van der Waals surface area contributed by atoms with E-state index in [1.165, 1.54) is 20.8 Å². The molecule has 2 heterocycles. The number of carbonyl (C=O) groups is 3. The van der Waals surface area contributed by atoms with Gasteiger partial charge in [0.15, 0.2) is 0 Å². The molecule has 0 bridgehead atoms. The number of carbonyl (C=O) groups excluding carboxylic acids is 3. The van der Waals surface area contributed by atoms with Crippen LogP contribution in [0.15, 0.2) is 0 Å². The number of aliphatic hydroxyl groups is 1. The molecule has 1 N–H and O–H groups in total. The first-order valence-electron chi connectivity index (χ1n) is 17.2. The highest BCUT2D eigenvalue weighted by molar-refractivity contribution is 5.67. The van der Waals surface area contributed by atoms with Crippen molar-refractivity contribution >= 4 is 17.9 Å². The maximum Gasteiger partial charge on any atom is 0.303 e. The highest BCUT2D eigenvalue weighted by Crippen LogP contribution is 2.60. The molecule has 4 rings (SSSR count). The summed E-state index contributed by atoms with van der Waals surface area (Å²) in [5, 5.41) is 12.0. The minimum Gasteiger partial charge on any atom is -0.460 e. The molecule has 258 valence electrons. The number of ether oxygens (including phenoxy) is 5. The predicted molar refractivity (Wildman–Crippen MR) is 169 cm³/mol. The van der Waals surface area contributed by atoms with Gasteiger partial charge in [-0.3, -0.25) is 14.4 Å². The molecule has 45 heavy (non-hydrogen) atoms. The molecule has 0 amide bonds. The lowest BCUT2D eigenvalue weighted by Crippen LogP contribution is -2.59. The third-order valence-corrected chi connectivity index (χ3v) is 12.4. The van der Waals surface area contributed by atoms with Crippen molar-refractivity contribution in [2.45, 2.75) is 187 Å². The molecule has 2 aliphatic heterocycles. The van der Waals surface area contributed by atoms with E-state index in [9.17, 15) is 19.5 Å². The summed E-state index contributed by atoms with van der Waals surface area (Å²) < 4.78 is 31.4. The lowest BCUT2D eigenvalue weighted by atomic mass is 9.53. The van der Waals surface area contributed by atoms with E-state index in [1.54, 1.807) is 0 Å². The fourth-order valence-corrected chi connectivity index (χ4v) is 10.1. The highest BCUT2D eigenvalue weighted by atomic mass is 16.6. The van der Waals surface area contributed by atoms with E-state index in [1.807, 2.05) is 34.6 Å². The zero-order valence-electron chi connectivity index (χ0n) is 29.7. The van der Waals surface area contributed by atoms with Gasteiger partial charge in [0.1, 0.15) is 17.8 Å². The Morgan fingerprint density at radius 2 is 1.04 bits per heavy atom. The Morgan fingerprint density at radius 3 is 1.49 bits per heavy atom. The van der Waals surface area contributed by atoms with E-state index in [4.69, 9.17) is 23.7 Å². The van der Waals surface area contributed by atoms with Crippen LogP contribution in [0.5, 0.6) is 0 Å². The van der Waals surface area contributed by atoms with Gasteiger partial charge in [-0.05, 0) is 117 Å². The number of rotatable bonds is 6. The van der Waals surface area contributed by atoms with E-state index in [2.05, 4.69) is 20.8 Å². The first-order valence-corrected chi connectivity index (χ1v) is 17.2. The minimum atomic E-state index is -0.921. The lowest BCUT2D eigenvalue weighted by Gasteiger charge is -2.57. The molecule has 4 aliphatic rings. The largest absolute Gasteiger partial charge is 0.460 e. The molecule has 9 heteroatoms. The van der Waals surface area contributed by atoms with Crippen LogP contribution < -0.4 is 0 Å². The van der Waals surface area contributed by atoms with E-state index in [0.717, 1.165) is 32.1 Å². The van der Waals surface area contributed by atoms with Gasteiger partial charge in [-0.15, -0.1) is 0 Å². The van der Waals surface area contributed by atoms with Crippen molar-refractivity contribution in [1.82, 2.24) is 0 Å². The van der Waals surface area contributed by atoms with Crippen LogP contribution in [0.1, 0.15) is 140 Å². The Labute approximate surface area is 270 Å². The van der Waals surface area contributed by atoms with Crippen LogP contribution in [0.3, 0.4) is 0 Å². The average Bonchev–Trinajstić information content (AvgIpc) is 3.04. The smallest absolute Gasteiger partial charge is 0.303 e. The van der Waals surface area contributed by atoms with Crippen molar-refractivity contribution in [3.05, 3.63) is 0 Å². The van der Waals surface area contributed by atoms with Gasteiger partial charge in [0.25, 0.3) is 0 Å². The zero-order chi connectivity index (χ0) is 33.8. The molecule has 0 spiro atoms. The lowest BCUT2D eigenvalue weighted by molar-refractivity contribution is -0.227. The quantitative estimate of drug-likeness (QED) is 0.259. The summed E-state index contributed by atoms with van der Waals surface area (Å²) >= 11 is 0. The van der Waals surface area contributed by atoms with Crippen LogP contribution >= 0.6 is 0 Å². The van der Waals surface area contributed by atoms with Crippen LogP contribution in [0.25, 0.3) is 0 Å². The summed E-state index contributed by atoms with van der Waals surface area (Å²) in [5.74, 6) is -1.09. The summed E-state index contributed by atoms with van der Waals surface area (Å²) in [6.45, 7) is 20.8. The SMILES string of the molecule is CC(=O)OC1CCC2(C)C(CCC(C)(O)C2CCC2C(C)(OC(C)=O)CCC3OC(C)(C)C(OC(C)=O)CCC32C)OC1(C)C. The van der Waals surface area contributed by atoms with E-state index in [0.29, 0.717) is 32.1 Å². The van der Waals surface area contributed by atoms with E-state index < -0.39 is 22.4 Å². The summed E-state index contributed by atoms with van der Waals surface area (Å²) in [6.07, 6.45) is 6.01. The van der Waals surface area contributed by atoms with Crippen LogP contribution in [-0.2, 0) is 38.1 Å². The first kappa shape index (κ1) is 36.1. The molecule has 2 saturated heterocycles. The molecule has 10 atom stereocenters. The van der Waals surface area contributed by atoms with Crippen molar-refractivity contribution in [2.24, 2.45) is 22.7 Å². The van der Waals surface area contributed by atoms with Crippen LogP contribution in [0.4, 0.5) is 0 Å². The van der Waals surface area contributed by atoms with Crippen molar-refractivity contribution < 1.29 is 43.2 Å². The number of hydrogen-bond donors (Lipinski definition) is 1. The van der Waals surface area contributed by atoms with Gasteiger partial charge >= 0.3 is 17.9 Å². The molecule has 2 saturated carbocycles. The third-order valence-electron chi connectivity index (χ3n) is 12.4. The molecule has 4 fully saturated rings. The Balaban J connectivity index is 1.68. The molecule has 0 aromatic heterocycles. The van der Waals surface area contributed by atoms with Gasteiger partial charge in [-0.25, -0.2) is 0 Å². The monoisotopic (exact) mass is 636 g/mol. The second kappa shape index (κ2) is 12.4. The third kappa shape index (κ3) is 7.11. The van der Waals surface area contributed by atoms with Gasteiger partial charge < -0.3 is 28.8 Å². The van der Waals surface area contributed by atoms with Gasteiger partial charge in [-0.2, -0.15) is 0 Å². The Hall–Kier alpha value is -1.71. The Morgan fingerprint density at radius 1 is 0.622 bits per heavy atom. The number of fused-ring (bicyclic) bond motifs is 2. The maximum absolute atomic E-state index is 12.5. The summed E-state index contributed by atoms with van der Waals surface area (Å²) in [7, 11) is 0. The van der Waals surface area contributed by atoms with Gasteiger partial charge in [0, 0.05) is 32.1 Å². The van der Waals surface area contributed by atoms with Crippen molar-refractivity contribution in [3.8, 4) is 0 Å². The molecule has 0 aromatic rings. The summed E-state index contributed by atoms with van der Waals surface area (Å²) in [4.78, 5) is 36.5. The minimum absolute atomic E-state index is 0.0590. The average molecular weight is 637 g/mol. The van der Waals surface area contributed by atoms with Gasteiger partial charge in [-0.1, -0.05) is 13.8 Å².